The second-order valence-corrected chi connectivity index (χ2v) is 6.24. The molecule has 0 unspecified atom stereocenters. The zero-order chi connectivity index (χ0) is 18.5. The smallest absolute Gasteiger partial charge is 0.257 e. The first-order valence-corrected chi connectivity index (χ1v) is 8.88. The molecule has 1 amide bonds. The third kappa shape index (κ3) is 4.70. The molecule has 3 rings (SSSR count). The average molecular weight is 397 g/mol. The van der Waals surface area contributed by atoms with Crippen LogP contribution in [0.1, 0.15) is 40.9 Å². The van der Waals surface area contributed by atoms with Gasteiger partial charge in [-0.2, -0.15) is 0 Å². The van der Waals surface area contributed by atoms with Crippen molar-refractivity contribution in [2.45, 2.75) is 39.3 Å². The summed E-state index contributed by atoms with van der Waals surface area (Å²) in [6.07, 6.45) is 2.40. The summed E-state index contributed by atoms with van der Waals surface area (Å²) < 4.78 is 12.2. The fraction of sp³-hybridized carbons (Fsp3) is 0.500. The van der Waals surface area contributed by atoms with Gasteiger partial charge in [0.2, 0.25) is 0 Å². The van der Waals surface area contributed by atoms with Gasteiger partial charge in [0.05, 0.1) is 19.3 Å². The number of nitrogens with one attached hydrogen (secondary N) is 2. The molecule has 0 atom stereocenters. The second kappa shape index (κ2) is 9.57. The first-order valence-electron chi connectivity index (χ1n) is 8.88. The Bertz CT molecular complexity index is 846. The molecule has 0 fully saturated rings. The van der Waals surface area contributed by atoms with Gasteiger partial charge in [0.15, 0.2) is 5.76 Å². The Balaban J connectivity index is 0.00000261. The number of ether oxygens (including phenoxy) is 1. The van der Waals surface area contributed by atoms with Crippen molar-refractivity contribution in [3.63, 3.8) is 0 Å². The van der Waals surface area contributed by atoms with E-state index in [4.69, 9.17) is 9.26 Å². The van der Waals surface area contributed by atoms with Gasteiger partial charge in [-0.05, 0) is 6.42 Å². The molecule has 2 N–H and O–H groups in total. The quantitative estimate of drug-likeness (QED) is 0.763. The van der Waals surface area contributed by atoms with Crippen molar-refractivity contribution in [2.24, 2.45) is 0 Å². The number of nitrogens with zero attached hydrogens (tertiary/aromatic N) is 2. The molecule has 27 heavy (non-hydrogen) atoms. The van der Waals surface area contributed by atoms with Gasteiger partial charge in [0.1, 0.15) is 11.3 Å². The molecule has 2 aromatic rings. The Morgan fingerprint density at radius 3 is 2.96 bits per heavy atom. The van der Waals surface area contributed by atoms with Crippen LogP contribution in [0.25, 0.3) is 0 Å². The molecule has 9 heteroatoms. The van der Waals surface area contributed by atoms with Gasteiger partial charge in [0.25, 0.3) is 11.5 Å². The van der Waals surface area contributed by atoms with E-state index in [9.17, 15) is 9.59 Å². The number of aromatic nitrogens is 2. The van der Waals surface area contributed by atoms with E-state index in [0.717, 1.165) is 18.5 Å². The van der Waals surface area contributed by atoms with Crippen LogP contribution in [0.5, 0.6) is 5.75 Å². The van der Waals surface area contributed by atoms with E-state index in [-0.39, 0.29) is 30.4 Å². The van der Waals surface area contributed by atoms with Crippen molar-refractivity contribution < 1.29 is 14.1 Å². The Hall–Kier alpha value is -2.32. The lowest BCUT2D eigenvalue weighted by molar-refractivity contribution is 0.0942. The Labute approximate surface area is 163 Å². The summed E-state index contributed by atoms with van der Waals surface area (Å²) in [6, 6.07) is 3.22. The van der Waals surface area contributed by atoms with Crippen LogP contribution in [0.4, 0.5) is 0 Å². The molecule has 3 heterocycles. The van der Waals surface area contributed by atoms with Crippen LogP contribution in [0, 0.1) is 0 Å². The molecule has 0 saturated carbocycles. The molecular weight excluding hydrogens is 372 g/mol. The number of fused-ring (bicyclic) bond motifs is 1. The fourth-order valence-electron chi connectivity index (χ4n) is 3.17. The maximum Gasteiger partial charge on any atom is 0.257 e. The van der Waals surface area contributed by atoms with Crippen molar-refractivity contribution in [3.05, 3.63) is 45.2 Å². The summed E-state index contributed by atoms with van der Waals surface area (Å²) in [7, 11) is 1.46. The molecular formula is C18H25ClN4O4. The molecule has 0 saturated heterocycles. The normalized spacial score (nSPS) is 13.3. The monoisotopic (exact) mass is 396 g/mol. The van der Waals surface area contributed by atoms with Crippen molar-refractivity contribution in [2.75, 3.05) is 20.2 Å². The first kappa shape index (κ1) is 21.0. The number of carbonyl (C=O) groups is 1. The number of aryl methyl sites for hydroxylation is 1. The molecule has 2 aromatic heterocycles. The molecule has 0 aliphatic carbocycles. The van der Waals surface area contributed by atoms with Crippen LogP contribution < -0.4 is 20.9 Å². The van der Waals surface area contributed by atoms with Crippen molar-refractivity contribution in [1.82, 2.24) is 20.4 Å². The first-order chi connectivity index (χ1) is 12.6. The summed E-state index contributed by atoms with van der Waals surface area (Å²) in [5, 5.41) is 10.1. The van der Waals surface area contributed by atoms with Crippen molar-refractivity contribution in [3.8, 4) is 5.75 Å². The van der Waals surface area contributed by atoms with Gasteiger partial charge in [-0.3, -0.25) is 9.59 Å². The number of carbonyl (C=O) groups excluding carboxylic acids is 1. The van der Waals surface area contributed by atoms with Crippen LogP contribution >= 0.6 is 12.4 Å². The second-order valence-electron chi connectivity index (χ2n) is 6.24. The van der Waals surface area contributed by atoms with Gasteiger partial charge in [-0.15, -0.1) is 12.4 Å². The van der Waals surface area contributed by atoms with E-state index in [1.165, 1.54) is 13.2 Å². The maximum absolute atomic E-state index is 12.8. The molecule has 8 nitrogen and oxygen atoms in total. The standard InChI is InChI=1S/C18H24N4O4.ClH/c1-3-4-12-9-13(26-21-12)11-20-18(24)17-14-5-6-19-7-8-22(14)16(23)10-15(17)25-2;/h9-10,19H,3-8,11H2,1-2H3,(H,20,24);1H. The van der Waals surface area contributed by atoms with Gasteiger partial charge >= 0.3 is 0 Å². The highest BCUT2D eigenvalue weighted by molar-refractivity contribution is 5.98. The minimum atomic E-state index is -0.291. The number of rotatable bonds is 6. The minimum absolute atomic E-state index is 0. The lowest BCUT2D eigenvalue weighted by Crippen LogP contribution is -2.31. The third-order valence-electron chi connectivity index (χ3n) is 4.42. The Kier molecular flexibility index (Phi) is 7.44. The summed E-state index contributed by atoms with van der Waals surface area (Å²) in [5.41, 5.74) is 1.82. The van der Waals surface area contributed by atoms with Crippen LogP contribution in [-0.2, 0) is 25.9 Å². The minimum Gasteiger partial charge on any atom is -0.496 e. The summed E-state index contributed by atoms with van der Waals surface area (Å²) in [4.78, 5) is 25.2. The highest BCUT2D eigenvalue weighted by Gasteiger charge is 2.23. The van der Waals surface area contributed by atoms with Crippen molar-refractivity contribution >= 4 is 18.3 Å². The lowest BCUT2D eigenvalue weighted by atomic mass is 10.1. The Morgan fingerprint density at radius 2 is 2.22 bits per heavy atom. The van der Waals surface area contributed by atoms with Gasteiger partial charge in [-0.1, -0.05) is 18.5 Å². The summed E-state index contributed by atoms with van der Waals surface area (Å²) in [5.74, 6) is 0.604. The molecule has 1 aliphatic heterocycles. The number of hydrogen-bond donors (Lipinski definition) is 2. The SMILES string of the molecule is CCCc1cc(CNC(=O)c2c(OC)cc(=O)n3c2CCNCC3)on1.Cl. The average Bonchev–Trinajstić information content (AvgIpc) is 2.93. The molecule has 1 aliphatic rings. The number of amides is 1. The van der Waals surface area contributed by atoms with Crippen LogP contribution in [0.15, 0.2) is 21.5 Å². The van der Waals surface area contributed by atoms with E-state index in [2.05, 4.69) is 22.7 Å². The zero-order valence-corrected chi connectivity index (χ0v) is 16.4. The van der Waals surface area contributed by atoms with E-state index in [1.54, 1.807) is 4.57 Å². The topological polar surface area (TPSA) is 98.4 Å². The van der Waals surface area contributed by atoms with E-state index in [0.29, 0.717) is 48.8 Å². The van der Waals surface area contributed by atoms with Crippen LogP contribution in [0.2, 0.25) is 0 Å². The number of pyridine rings is 1. The molecule has 0 radical (unpaired) electrons. The summed E-state index contributed by atoms with van der Waals surface area (Å²) >= 11 is 0. The molecule has 0 aromatic carbocycles. The Morgan fingerprint density at radius 1 is 1.41 bits per heavy atom. The van der Waals surface area contributed by atoms with Gasteiger partial charge < -0.3 is 24.5 Å². The predicted molar refractivity (Wildman–Crippen MR) is 103 cm³/mol. The third-order valence-corrected chi connectivity index (χ3v) is 4.42. The van der Waals surface area contributed by atoms with E-state index >= 15 is 0 Å². The van der Waals surface area contributed by atoms with Gasteiger partial charge in [0, 0.05) is 43.9 Å². The largest absolute Gasteiger partial charge is 0.496 e. The zero-order valence-electron chi connectivity index (χ0n) is 15.5. The number of methoxy groups -OCH3 is 1. The van der Waals surface area contributed by atoms with E-state index in [1.807, 2.05) is 6.07 Å². The molecule has 148 valence electrons. The van der Waals surface area contributed by atoms with Gasteiger partial charge in [-0.25, -0.2) is 0 Å². The predicted octanol–water partition coefficient (Wildman–Crippen LogP) is 1.29. The molecule has 0 bridgehead atoms. The highest BCUT2D eigenvalue weighted by atomic mass is 35.5. The summed E-state index contributed by atoms with van der Waals surface area (Å²) in [6.45, 7) is 4.23. The maximum atomic E-state index is 12.8. The molecule has 0 spiro atoms. The number of hydrogen-bond acceptors (Lipinski definition) is 6. The lowest BCUT2D eigenvalue weighted by Gasteiger charge is -2.17. The number of halogens is 1. The highest BCUT2D eigenvalue weighted by Crippen LogP contribution is 2.22. The van der Waals surface area contributed by atoms with E-state index < -0.39 is 0 Å². The van der Waals surface area contributed by atoms with Crippen LogP contribution in [0.3, 0.4) is 0 Å². The van der Waals surface area contributed by atoms with Crippen molar-refractivity contribution in [1.29, 1.82) is 0 Å². The van der Waals surface area contributed by atoms with Crippen LogP contribution in [-0.4, -0.2) is 35.8 Å². The fourth-order valence-corrected chi connectivity index (χ4v) is 3.17.